The van der Waals surface area contributed by atoms with Gasteiger partial charge >= 0.3 is 0 Å². The van der Waals surface area contributed by atoms with Crippen molar-refractivity contribution in [3.05, 3.63) is 391 Å². The lowest BCUT2D eigenvalue weighted by Gasteiger charge is -2.28. The molecule has 0 bridgehead atoms. The lowest BCUT2D eigenvalue weighted by Crippen LogP contribution is -2.35. The van der Waals surface area contributed by atoms with Crippen molar-refractivity contribution in [1.29, 1.82) is 0 Å². The first kappa shape index (κ1) is 104. The Balaban J connectivity index is 0.000000133. The van der Waals surface area contributed by atoms with Crippen LogP contribution in [0.2, 0.25) is 0 Å². The molecule has 6 aromatic heterocycles. The molecule has 2 saturated carbocycles. The van der Waals surface area contributed by atoms with Crippen molar-refractivity contribution in [3.8, 4) is 67.5 Å². The fraction of sp³-hybridized carbons (Fsp3) is 0.357. The molecule has 0 N–H and O–H groups in total. The van der Waals surface area contributed by atoms with E-state index < -0.39 is 0 Å². The molecule has 6 nitrogen and oxygen atoms in total. The summed E-state index contributed by atoms with van der Waals surface area (Å²) in [5.41, 5.74) is 43.4. The second kappa shape index (κ2) is 44.0. The Morgan fingerprint density at radius 3 is 0.938 bits per heavy atom. The molecule has 18 aromatic rings. The van der Waals surface area contributed by atoms with E-state index in [1.807, 2.05) is 47.5 Å². The Hall–Kier alpha value is -12.9. The number of benzene rings is 12. The van der Waals surface area contributed by atoms with Crippen molar-refractivity contribution in [3.63, 3.8) is 0 Å². The quantitative estimate of drug-likeness (QED) is 0.122. The van der Waals surface area contributed by atoms with Crippen molar-refractivity contribution in [2.45, 2.75) is 291 Å². The van der Waals surface area contributed by atoms with Crippen LogP contribution < -0.4 is 27.4 Å². The first-order chi connectivity index (χ1) is 69.9. The molecule has 0 radical (unpaired) electrons. The zero-order valence-corrected chi connectivity index (χ0v) is 95.1. The van der Waals surface area contributed by atoms with Gasteiger partial charge in [0.05, 0.1) is 60.1 Å². The summed E-state index contributed by atoms with van der Waals surface area (Å²) < 4.78 is 30.3. The number of fused-ring (bicyclic) bond motifs is 6. The lowest BCUT2D eigenvalue weighted by atomic mass is 9.76. The van der Waals surface area contributed by atoms with E-state index in [4.69, 9.17) is 2.74 Å². The van der Waals surface area contributed by atoms with E-state index in [-0.39, 0.29) is 21.7 Å². The molecule has 752 valence electrons. The highest BCUT2D eigenvalue weighted by molar-refractivity contribution is 5.99. The van der Waals surface area contributed by atoms with Crippen LogP contribution in [0.25, 0.3) is 132 Å². The second-order valence-electron chi connectivity index (χ2n) is 47.5. The van der Waals surface area contributed by atoms with Gasteiger partial charge in [-0.15, -0.1) is 0 Å². The van der Waals surface area contributed by atoms with Gasteiger partial charge in [-0.1, -0.05) is 294 Å². The fourth-order valence-electron chi connectivity index (χ4n) is 22.6. The Morgan fingerprint density at radius 1 is 0.253 bits per heavy atom. The number of hydrogen-bond donors (Lipinski definition) is 0. The third-order valence-corrected chi connectivity index (χ3v) is 32.3. The maximum Gasteiger partial charge on any atom is 0.220 e. The van der Waals surface area contributed by atoms with Gasteiger partial charge in [0.1, 0.15) is 45.0 Å². The third kappa shape index (κ3) is 22.9. The predicted octanol–water partition coefficient (Wildman–Crippen LogP) is 34.4. The van der Waals surface area contributed by atoms with E-state index in [0.717, 1.165) is 34.0 Å². The molecule has 6 heterocycles. The summed E-state index contributed by atoms with van der Waals surface area (Å²) in [5.74, 6) is 2.46. The monoisotopic (exact) mass is 1940 g/mol. The Labute approximate surface area is 880 Å². The van der Waals surface area contributed by atoms with Crippen LogP contribution in [0, 0.1) is 83.1 Å². The van der Waals surface area contributed by atoms with Gasteiger partial charge in [-0.2, -0.15) is 18.3 Å². The van der Waals surface area contributed by atoms with Crippen molar-refractivity contribution >= 4 is 64.6 Å². The van der Waals surface area contributed by atoms with Crippen LogP contribution in [0.1, 0.15) is 300 Å². The number of rotatable bonds is 10. The molecule has 0 atom stereocenters. The standard InChI is InChI=1S/C25H32N.C24H28N.C23H26N.2C23H28N.C22H26N/c1-17-21(15-19(24(2,3)4)16-22(17)25(5,6)7)23-20-12-10-9-11-18(20)13-14-26(23)8;1-16-13-21(19-9-5-6-10-19)15-23(18(16)3)24-22-12-8-7-11-20(22)14-17(2)25(24)4;1-16-12-13-19(18-8-4-5-9-18)15-22(16)23-21-11-7-6-10-20(21)14-17(2)24(23)3;1-15-12-19(23(4,5)6)14-21(17(15)3)22-20-11-9-8-10-18(20)13-16(2)24(22)7;1-15(2)19-13-21(16(3)4)17(5)22(14-19)23-20-10-8-7-9-18(20)11-12-24(23)6;1-15-11-12-18(22(3,4)5)14-20(15)21-19-10-8-7-9-17(19)13-16(2)23(21)6/h9-16H,1-8H3;7-8,11-15,19H,5-6,9-10H2,1-4H3;6-7,10-15,18H,4-5,8-9H2,1-3H3;8-14H,1-7H3;7-16H,1-6H3;7-14H,1-6H3/q6*+1/i14D;;;;12D;. The van der Waals surface area contributed by atoms with Crippen LogP contribution in [0.4, 0.5) is 0 Å². The molecule has 0 aliphatic heterocycles. The number of nitrogens with zero attached hydrogens (tertiary/aromatic N) is 6. The predicted molar refractivity (Wildman–Crippen MR) is 626 cm³/mol. The Bertz CT molecular complexity index is 8060. The summed E-state index contributed by atoms with van der Waals surface area (Å²) in [4.78, 5) is 0. The van der Waals surface area contributed by atoms with Gasteiger partial charge in [0.25, 0.3) is 0 Å². The minimum atomic E-state index is 0.0625. The average molecular weight is 1940 g/mol. The highest BCUT2D eigenvalue weighted by atomic mass is 15.0. The summed E-state index contributed by atoms with van der Waals surface area (Å²) in [6, 6.07) is 97.8. The minimum Gasteiger partial charge on any atom is -0.200 e. The molecule has 2 fully saturated rings. The summed E-state index contributed by atoms with van der Waals surface area (Å²) in [7, 11) is 12.7. The maximum absolute atomic E-state index is 8.48. The lowest BCUT2D eigenvalue weighted by molar-refractivity contribution is -0.665. The van der Waals surface area contributed by atoms with E-state index in [1.165, 1.54) is 268 Å². The average Bonchev–Trinajstić information content (AvgIpc) is 0.862. The molecule has 2 aliphatic carbocycles. The van der Waals surface area contributed by atoms with Gasteiger partial charge in [0.2, 0.25) is 34.2 Å². The zero-order valence-electron chi connectivity index (χ0n) is 97.1. The molecule has 0 spiro atoms. The Morgan fingerprint density at radius 2 is 0.562 bits per heavy atom. The summed E-state index contributed by atoms with van der Waals surface area (Å²) in [5, 5.41) is 15.2. The van der Waals surface area contributed by atoms with E-state index in [0.29, 0.717) is 24.2 Å². The van der Waals surface area contributed by atoms with Crippen molar-refractivity contribution in [2.75, 3.05) is 0 Å². The van der Waals surface area contributed by atoms with Crippen LogP contribution in [0.3, 0.4) is 0 Å². The molecule has 12 aromatic carbocycles. The molecule has 0 unspecified atom stereocenters. The molecule has 0 saturated heterocycles. The van der Waals surface area contributed by atoms with Crippen molar-refractivity contribution < 1.29 is 30.1 Å². The van der Waals surface area contributed by atoms with E-state index in [9.17, 15) is 0 Å². The molecule has 146 heavy (non-hydrogen) atoms. The zero-order chi connectivity index (χ0) is 107. The van der Waals surface area contributed by atoms with E-state index in [1.54, 1.807) is 5.56 Å². The van der Waals surface area contributed by atoms with Gasteiger partial charge in [-0.25, -0.2) is 9.13 Å². The van der Waals surface area contributed by atoms with Gasteiger partial charge in [-0.05, 0) is 321 Å². The van der Waals surface area contributed by atoms with Crippen molar-refractivity contribution in [1.82, 2.24) is 0 Å². The van der Waals surface area contributed by atoms with Gasteiger partial charge in [0, 0.05) is 69.7 Å². The smallest absolute Gasteiger partial charge is 0.200 e. The topological polar surface area (TPSA) is 23.3 Å². The van der Waals surface area contributed by atoms with Crippen LogP contribution >= 0.6 is 0 Å². The second-order valence-corrected chi connectivity index (χ2v) is 47.5. The molecule has 20 rings (SSSR count). The maximum atomic E-state index is 8.48. The number of hydrogen-bond acceptors (Lipinski definition) is 0. The first-order valence-electron chi connectivity index (χ1n) is 55.0. The number of aryl methyl sites for hydroxylation is 8. The summed E-state index contributed by atoms with van der Waals surface area (Å²) >= 11 is 0. The van der Waals surface area contributed by atoms with Crippen LogP contribution in [0.5, 0.6) is 0 Å². The Kier molecular flexibility index (Phi) is 31.5. The first-order valence-corrected chi connectivity index (χ1v) is 54.0. The number of aromatic nitrogens is 6. The molecule has 6 heteroatoms. The molecule has 0 amide bonds. The van der Waals surface area contributed by atoms with E-state index >= 15 is 0 Å². The molecular weight excluding hydrogens is 1770 g/mol. The third-order valence-electron chi connectivity index (χ3n) is 32.3. The van der Waals surface area contributed by atoms with E-state index in [2.05, 4.69) is 483 Å². The van der Waals surface area contributed by atoms with Gasteiger partial charge in [0.15, 0.2) is 35.1 Å². The highest BCUT2D eigenvalue weighted by Crippen LogP contribution is 2.46. The normalized spacial score (nSPS) is 13.3. The molecular formula is C140H168N6+6. The highest BCUT2D eigenvalue weighted by Gasteiger charge is 2.33. The minimum absolute atomic E-state index is 0.0625. The summed E-state index contributed by atoms with van der Waals surface area (Å²) in [6.07, 6.45) is 12.0. The van der Waals surface area contributed by atoms with Crippen LogP contribution in [-0.2, 0) is 63.9 Å². The fourth-order valence-corrected chi connectivity index (χ4v) is 22.6. The van der Waals surface area contributed by atoms with Crippen molar-refractivity contribution in [2.24, 2.45) is 42.3 Å². The number of pyridine rings is 6. The van der Waals surface area contributed by atoms with Crippen LogP contribution in [0.15, 0.2) is 279 Å². The van der Waals surface area contributed by atoms with Crippen LogP contribution in [-0.4, -0.2) is 0 Å². The van der Waals surface area contributed by atoms with Gasteiger partial charge in [-0.3, -0.25) is 0 Å². The molecule has 2 aliphatic rings. The summed E-state index contributed by atoms with van der Waals surface area (Å²) in [6.45, 7) is 63.1. The largest absolute Gasteiger partial charge is 0.220 e. The van der Waals surface area contributed by atoms with Gasteiger partial charge < -0.3 is 0 Å². The SMILES string of the molecule is Cc1cc(C(C)(C)C)cc(-c2c3ccccc3cc(C)[n+]2C)c1C.Cc1cc(C2CCCC2)cc(-c2c3ccccc3cc(C)[n+]2C)c1C.Cc1ccc(C(C)(C)C)cc1-c1c2ccccc2cc(C)[n+]1C.Cc1ccc(C2CCCC2)cc1-c1c2ccccc2cc(C)[n+]1C.[2H]c1cc2ccccc2c(-c2cc(C(C)(C)C)cc(C(C)(C)C)c2C)[n+]1C.[2H]c1cc2ccccc2c(-c2cc(C(C)C)cc(C(C)C)c2C)[n+]1C.